The molecule has 1 aromatic carbocycles. The zero-order chi connectivity index (χ0) is 18.1. The summed E-state index contributed by atoms with van der Waals surface area (Å²) in [5.74, 6) is 5.50. The van der Waals surface area contributed by atoms with Gasteiger partial charge in [-0.3, -0.25) is 9.69 Å². The van der Waals surface area contributed by atoms with Gasteiger partial charge in [0, 0.05) is 30.9 Å². The molecular formula is C20H20FN3O2. The summed E-state index contributed by atoms with van der Waals surface area (Å²) in [7, 11) is 0. The second-order valence-corrected chi connectivity index (χ2v) is 7.06. The van der Waals surface area contributed by atoms with Crippen molar-refractivity contribution in [3.63, 3.8) is 0 Å². The van der Waals surface area contributed by atoms with E-state index in [0.717, 1.165) is 37.9 Å². The van der Waals surface area contributed by atoms with E-state index < -0.39 is 5.97 Å². The molecular weight excluding hydrogens is 333 g/mol. The van der Waals surface area contributed by atoms with Crippen molar-refractivity contribution in [2.45, 2.75) is 31.3 Å². The molecule has 1 saturated carbocycles. The van der Waals surface area contributed by atoms with Crippen molar-refractivity contribution in [3.8, 4) is 11.8 Å². The summed E-state index contributed by atoms with van der Waals surface area (Å²) in [5.41, 5.74) is 1.97. The topological polar surface area (TPSA) is 64.9 Å². The molecule has 1 aliphatic carbocycles. The van der Waals surface area contributed by atoms with Gasteiger partial charge in [-0.1, -0.05) is 5.92 Å². The fourth-order valence-electron chi connectivity index (χ4n) is 3.68. The number of halogens is 1. The van der Waals surface area contributed by atoms with Gasteiger partial charge in [0.1, 0.15) is 5.82 Å². The molecule has 0 amide bonds. The smallest absolute Gasteiger partial charge is 0.306 e. The van der Waals surface area contributed by atoms with Crippen LogP contribution in [0.4, 0.5) is 4.39 Å². The van der Waals surface area contributed by atoms with Crippen molar-refractivity contribution in [1.29, 1.82) is 0 Å². The zero-order valence-corrected chi connectivity index (χ0v) is 14.3. The summed E-state index contributed by atoms with van der Waals surface area (Å²) in [5, 5.41) is 12.4. The maximum atomic E-state index is 12.9. The van der Waals surface area contributed by atoms with Crippen molar-refractivity contribution in [2.24, 2.45) is 10.9 Å². The number of rotatable bonds is 2. The summed E-state index contributed by atoms with van der Waals surface area (Å²) in [6.45, 7) is 1.78. The Labute approximate surface area is 151 Å². The predicted molar refractivity (Wildman–Crippen MR) is 96.1 cm³/mol. The molecule has 2 N–H and O–H groups in total. The summed E-state index contributed by atoms with van der Waals surface area (Å²) >= 11 is 0. The number of hydrogen-bond acceptors (Lipinski definition) is 4. The number of carboxylic acid groups (broad SMARTS) is 1. The van der Waals surface area contributed by atoms with Gasteiger partial charge in [-0.05, 0) is 55.0 Å². The molecule has 4 rings (SSSR count). The number of nitrogens with one attached hydrogen (secondary N) is 1. The Morgan fingerprint density at radius 3 is 2.77 bits per heavy atom. The van der Waals surface area contributed by atoms with Gasteiger partial charge >= 0.3 is 5.97 Å². The molecule has 134 valence electrons. The average molecular weight is 353 g/mol. The molecule has 2 fully saturated rings. The number of carboxylic acids is 1. The maximum Gasteiger partial charge on any atom is 0.306 e. The van der Waals surface area contributed by atoms with Gasteiger partial charge in [0.2, 0.25) is 0 Å². The Morgan fingerprint density at radius 1 is 1.27 bits per heavy atom. The third kappa shape index (κ3) is 3.49. The standard InChI is InChI=1S/C20H20FN3O2/c21-16-4-1-13(2-5-16)3-6-19-22-11-15-12-24(8-7-18(15)23-19)17-9-14(10-17)20(25)26/h1-2,4-5,11,14,17-18H,7-10,12H2,(H,22,23)(H,25,26). The van der Waals surface area contributed by atoms with E-state index in [1.165, 1.54) is 17.7 Å². The highest BCUT2D eigenvalue weighted by molar-refractivity contribution is 6.00. The highest BCUT2D eigenvalue weighted by Gasteiger charge is 2.40. The summed E-state index contributed by atoms with van der Waals surface area (Å²) in [6.07, 6.45) is 4.34. The highest BCUT2D eigenvalue weighted by atomic mass is 19.1. The lowest BCUT2D eigenvalue weighted by atomic mass is 9.78. The third-order valence-electron chi connectivity index (χ3n) is 5.36. The lowest BCUT2D eigenvalue weighted by Crippen LogP contribution is -2.54. The number of carbonyl (C=O) groups is 1. The lowest BCUT2D eigenvalue weighted by Gasteiger charge is -2.45. The third-order valence-corrected chi connectivity index (χ3v) is 5.36. The van der Waals surface area contributed by atoms with Crippen LogP contribution in [0, 0.1) is 23.6 Å². The molecule has 0 spiro atoms. The van der Waals surface area contributed by atoms with Crippen molar-refractivity contribution >= 4 is 11.8 Å². The van der Waals surface area contributed by atoms with Gasteiger partial charge in [-0.15, -0.1) is 0 Å². The molecule has 5 nitrogen and oxygen atoms in total. The first-order chi connectivity index (χ1) is 12.6. The number of nitrogens with zero attached hydrogens (tertiary/aromatic N) is 2. The number of aliphatic carboxylic acids is 1. The minimum atomic E-state index is -0.677. The Bertz CT molecular complexity index is 829. The molecule has 0 bridgehead atoms. The van der Waals surface area contributed by atoms with Crippen LogP contribution in [0.3, 0.4) is 0 Å². The van der Waals surface area contributed by atoms with Crippen molar-refractivity contribution < 1.29 is 14.3 Å². The normalized spacial score (nSPS) is 27.7. The molecule has 0 radical (unpaired) electrons. The quantitative estimate of drug-likeness (QED) is 0.799. The largest absolute Gasteiger partial charge is 0.481 e. The van der Waals surface area contributed by atoms with Crippen LogP contribution in [0.1, 0.15) is 24.8 Å². The number of benzene rings is 1. The first kappa shape index (κ1) is 16.8. The van der Waals surface area contributed by atoms with E-state index in [-0.39, 0.29) is 17.8 Å². The average Bonchev–Trinajstić information content (AvgIpc) is 2.59. The Morgan fingerprint density at radius 2 is 2.04 bits per heavy atom. The van der Waals surface area contributed by atoms with Crippen LogP contribution in [0.5, 0.6) is 0 Å². The summed E-state index contributed by atoms with van der Waals surface area (Å²) in [6, 6.07) is 6.69. The Balaban J connectivity index is 1.39. The number of likely N-dealkylation sites (tertiary alicyclic amines) is 1. The highest BCUT2D eigenvalue weighted by Crippen LogP contribution is 2.34. The van der Waals surface area contributed by atoms with Gasteiger partial charge < -0.3 is 10.4 Å². The fourth-order valence-corrected chi connectivity index (χ4v) is 3.68. The van der Waals surface area contributed by atoms with Gasteiger partial charge in [-0.25, -0.2) is 9.38 Å². The number of hydrogen-bond donors (Lipinski definition) is 2. The molecule has 1 aromatic rings. The molecule has 2 heterocycles. The minimum Gasteiger partial charge on any atom is -0.481 e. The molecule has 2 aliphatic heterocycles. The van der Waals surface area contributed by atoms with Crippen molar-refractivity contribution in [1.82, 2.24) is 10.2 Å². The van der Waals surface area contributed by atoms with E-state index in [0.29, 0.717) is 11.9 Å². The van der Waals surface area contributed by atoms with Crippen molar-refractivity contribution in [2.75, 3.05) is 13.1 Å². The number of fused-ring (bicyclic) bond motifs is 1. The van der Waals surface area contributed by atoms with Gasteiger partial charge in [0.25, 0.3) is 0 Å². The number of amidine groups is 1. The molecule has 1 atom stereocenters. The first-order valence-electron chi connectivity index (χ1n) is 8.86. The predicted octanol–water partition coefficient (Wildman–Crippen LogP) is 2.00. The summed E-state index contributed by atoms with van der Waals surface area (Å²) in [4.78, 5) is 17.7. The van der Waals surface area contributed by atoms with Gasteiger partial charge in [-0.2, -0.15) is 0 Å². The molecule has 3 aliphatic rings. The fraction of sp³-hybridized carbons (Fsp3) is 0.400. The molecule has 1 saturated heterocycles. The second-order valence-electron chi connectivity index (χ2n) is 7.06. The maximum absolute atomic E-state index is 12.9. The van der Waals surface area contributed by atoms with E-state index in [1.54, 1.807) is 12.1 Å². The van der Waals surface area contributed by atoms with E-state index >= 15 is 0 Å². The van der Waals surface area contributed by atoms with Crippen LogP contribution in [-0.4, -0.2) is 47.0 Å². The number of aliphatic imine (C=N–C) groups is 1. The van der Waals surface area contributed by atoms with Crippen LogP contribution in [0.15, 0.2) is 41.0 Å². The van der Waals surface area contributed by atoms with E-state index in [9.17, 15) is 9.18 Å². The van der Waals surface area contributed by atoms with Gasteiger partial charge in [0.05, 0.1) is 12.0 Å². The van der Waals surface area contributed by atoms with Crippen LogP contribution < -0.4 is 5.32 Å². The SMILES string of the molecule is O=C(O)C1CC(N2CCC3NC(C#Cc4ccc(F)cc4)=NC=C3C2)C1. The van der Waals surface area contributed by atoms with E-state index in [2.05, 4.69) is 27.0 Å². The van der Waals surface area contributed by atoms with Crippen LogP contribution in [0.2, 0.25) is 0 Å². The lowest BCUT2D eigenvalue weighted by molar-refractivity contribution is -0.147. The van der Waals surface area contributed by atoms with Crippen LogP contribution >= 0.6 is 0 Å². The monoisotopic (exact) mass is 353 g/mol. The molecule has 26 heavy (non-hydrogen) atoms. The Kier molecular flexibility index (Phi) is 4.48. The van der Waals surface area contributed by atoms with E-state index in [1.807, 2.05) is 6.20 Å². The van der Waals surface area contributed by atoms with Crippen LogP contribution in [0.25, 0.3) is 0 Å². The molecule has 0 aromatic heterocycles. The Hall–Kier alpha value is -2.65. The molecule has 6 heteroatoms. The van der Waals surface area contributed by atoms with Crippen molar-refractivity contribution in [3.05, 3.63) is 47.4 Å². The number of piperidine rings is 1. The minimum absolute atomic E-state index is 0.178. The van der Waals surface area contributed by atoms with Gasteiger partial charge in [0.15, 0.2) is 5.84 Å². The van der Waals surface area contributed by atoms with E-state index in [4.69, 9.17) is 5.11 Å². The zero-order valence-electron chi connectivity index (χ0n) is 14.3. The van der Waals surface area contributed by atoms with Crippen LogP contribution in [-0.2, 0) is 4.79 Å². The first-order valence-corrected chi connectivity index (χ1v) is 8.86. The molecule has 1 unspecified atom stereocenters. The second kappa shape index (κ2) is 6.93. The summed E-state index contributed by atoms with van der Waals surface area (Å²) < 4.78 is 12.9.